The SMILES string of the molecule is CCCCCCCCCCCCCCCCN1C(=O)C(=O)/C(=C(/O)c2cccc(Br)c2)[C@@H]1c1ccc(Br)cc1. The Hall–Kier alpha value is -1.92. The maximum Gasteiger partial charge on any atom is 0.295 e. The number of Topliss-reactive ketones (excluding diaryl/α,β-unsaturated/α-hetero) is 1. The first kappa shape index (κ1) is 31.6. The summed E-state index contributed by atoms with van der Waals surface area (Å²) < 4.78 is 1.71. The van der Waals surface area contributed by atoms with Crippen LogP contribution >= 0.6 is 31.9 Å². The molecule has 2 aromatic carbocycles. The minimum atomic E-state index is -0.620. The second-order valence-electron chi connectivity index (χ2n) is 10.7. The average molecular weight is 662 g/mol. The Bertz CT molecular complexity index is 1100. The second-order valence-corrected chi connectivity index (χ2v) is 12.5. The van der Waals surface area contributed by atoms with Gasteiger partial charge in [-0.25, -0.2) is 0 Å². The van der Waals surface area contributed by atoms with Gasteiger partial charge in [0.1, 0.15) is 5.76 Å². The van der Waals surface area contributed by atoms with Crippen LogP contribution in [0.5, 0.6) is 0 Å². The van der Waals surface area contributed by atoms with Crippen LogP contribution in [0.2, 0.25) is 0 Å². The van der Waals surface area contributed by atoms with Crippen LogP contribution in [-0.4, -0.2) is 28.2 Å². The van der Waals surface area contributed by atoms with Crippen LogP contribution in [-0.2, 0) is 9.59 Å². The molecule has 0 spiro atoms. The molecule has 1 heterocycles. The highest BCUT2D eigenvalue weighted by molar-refractivity contribution is 9.10. The van der Waals surface area contributed by atoms with Gasteiger partial charge in [0.15, 0.2) is 0 Å². The molecule has 212 valence electrons. The molecule has 3 rings (SSSR count). The lowest BCUT2D eigenvalue weighted by molar-refractivity contribution is -0.139. The summed E-state index contributed by atoms with van der Waals surface area (Å²) in [5, 5.41) is 11.2. The Balaban J connectivity index is 1.53. The zero-order chi connectivity index (χ0) is 28.0. The molecule has 0 aromatic heterocycles. The van der Waals surface area contributed by atoms with Crippen molar-refractivity contribution in [3.63, 3.8) is 0 Å². The van der Waals surface area contributed by atoms with Crippen molar-refractivity contribution in [3.05, 3.63) is 74.2 Å². The number of ketones is 1. The van der Waals surface area contributed by atoms with Gasteiger partial charge < -0.3 is 10.0 Å². The Morgan fingerprint density at radius 2 is 1.28 bits per heavy atom. The monoisotopic (exact) mass is 659 g/mol. The van der Waals surface area contributed by atoms with Crippen molar-refractivity contribution in [2.24, 2.45) is 0 Å². The van der Waals surface area contributed by atoms with Crippen molar-refractivity contribution in [1.82, 2.24) is 4.90 Å². The molecule has 1 saturated heterocycles. The molecule has 0 radical (unpaired) electrons. The fourth-order valence-electron chi connectivity index (χ4n) is 5.37. The van der Waals surface area contributed by atoms with Gasteiger partial charge in [0, 0.05) is 21.1 Å². The van der Waals surface area contributed by atoms with E-state index < -0.39 is 17.7 Å². The van der Waals surface area contributed by atoms with Crippen molar-refractivity contribution < 1.29 is 14.7 Å². The number of halogens is 2. The zero-order valence-corrected chi connectivity index (χ0v) is 26.4. The van der Waals surface area contributed by atoms with Crippen LogP contribution in [0.4, 0.5) is 0 Å². The third-order valence-electron chi connectivity index (χ3n) is 7.58. The molecule has 1 amide bonds. The van der Waals surface area contributed by atoms with Gasteiger partial charge in [0.2, 0.25) is 0 Å². The van der Waals surface area contributed by atoms with E-state index in [1.807, 2.05) is 30.3 Å². The summed E-state index contributed by atoms with van der Waals surface area (Å²) in [7, 11) is 0. The minimum absolute atomic E-state index is 0.133. The first-order valence-corrected chi connectivity index (χ1v) is 16.3. The number of unbranched alkanes of at least 4 members (excludes halogenated alkanes) is 13. The van der Waals surface area contributed by atoms with E-state index in [9.17, 15) is 14.7 Å². The molecular formula is C33H43Br2NO3. The first-order valence-electron chi connectivity index (χ1n) is 14.7. The van der Waals surface area contributed by atoms with E-state index >= 15 is 0 Å². The number of nitrogens with zero attached hydrogens (tertiary/aromatic N) is 1. The van der Waals surface area contributed by atoms with Gasteiger partial charge in [-0.1, -0.05) is 147 Å². The fourth-order valence-corrected chi connectivity index (χ4v) is 6.03. The van der Waals surface area contributed by atoms with Gasteiger partial charge in [-0.3, -0.25) is 9.59 Å². The van der Waals surface area contributed by atoms with Crippen molar-refractivity contribution in [2.75, 3.05) is 6.54 Å². The van der Waals surface area contributed by atoms with Crippen molar-refractivity contribution in [3.8, 4) is 0 Å². The number of likely N-dealkylation sites (tertiary alicyclic amines) is 1. The van der Waals surface area contributed by atoms with Gasteiger partial charge in [-0.15, -0.1) is 0 Å². The van der Waals surface area contributed by atoms with Crippen LogP contribution in [0.15, 0.2) is 63.0 Å². The van der Waals surface area contributed by atoms with E-state index in [-0.39, 0.29) is 11.3 Å². The molecule has 4 nitrogen and oxygen atoms in total. The van der Waals surface area contributed by atoms with E-state index in [4.69, 9.17) is 0 Å². The number of carbonyl (C=O) groups is 2. The predicted molar refractivity (Wildman–Crippen MR) is 168 cm³/mol. The van der Waals surface area contributed by atoms with Gasteiger partial charge in [-0.2, -0.15) is 0 Å². The molecule has 2 aromatic rings. The molecule has 0 saturated carbocycles. The first-order chi connectivity index (χ1) is 18.9. The summed E-state index contributed by atoms with van der Waals surface area (Å²) in [4.78, 5) is 28.0. The van der Waals surface area contributed by atoms with Crippen molar-refractivity contribution >= 4 is 49.3 Å². The molecule has 1 atom stereocenters. The molecule has 0 unspecified atom stereocenters. The normalized spacial score (nSPS) is 16.8. The van der Waals surface area contributed by atoms with Gasteiger partial charge in [0.25, 0.3) is 11.7 Å². The summed E-state index contributed by atoms with van der Waals surface area (Å²) >= 11 is 6.90. The highest BCUT2D eigenvalue weighted by atomic mass is 79.9. The van der Waals surface area contributed by atoms with E-state index in [2.05, 4.69) is 38.8 Å². The number of carbonyl (C=O) groups excluding carboxylic acids is 2. The molecule has 1 aliphatic rings. The van der Waals surface area contributed by atoms with Gasteiger partial charge in [-0.05, 0) is 36.2 Å². The lowest BCUT2D eigenvalue weighted by Gasteiger charge is -2.25. The Morgan fingerprint density at radius 3 is 1.82 bits per heavy atom. The van der Waals surface area contributed by atoms with Crippen LogP contribution < -0.4 is 0 Å². The summed E-state index contributed by atoms with van der Waals surface area (Å²) in [5.74, 6) is -1.29. The second kappa shape index (κ2) is 17.0. The summed E-state index contributed by atoms with van der Waals surface area (Å²) in [6.07, 6.45) is 17.7. The lowest BCUT2D eigenvalue weighted by atomic mass is 9.95. The summed E-state index contributed by atoms with van der Waals surface area (Å²) in [6, 6.07) is 14.2. The lowest BCUT2D eigenvalue weighted by Crippen LogP contribution is -2.30. The van der Waals surface area contributed by atoms with E-state index in [0.717, 1.165) is 33.8 Å². The minimum Gasteiger partial charge on any atom is -0.507 e. The average Bonchev–Trinajstić information content (AvgIpc) is 3.18. The third kappa shape index (κ3) is 9.60. The number of hydrogen-bond donors (Lipinski definition) is 1. The molecule has 1 aliphatic heterocycles. The molecule has 6 heteroatoms. The zero-order valence-electron chi connectivity index (χ0n) is 23.3. The molecule has 0 aliphatic carbocycles. The Labute approximate surface area is 251 Å². The van der Waals surface area contributed by atoms with Crippen LogP contribution in [0.1, 0.15) is 114 Å². The Kier molecular flexibility index (Phi) is 13.8. The maximum absolute atomic E-state index is 13.2. The molecule has 39 heavy (non-hydrogen) atoms. The number of aliphatic hydroxyl groups is 1. The van der Waals surface area contributed by atoms with Crippen molar-refractivity contribution in [2.45, 2.75) is 103 Å². The third-order valence-corrected chi connectivity index (χ3v) is 8.60. The molecule has 1 N–H and O–H groups in total. The predicted octanol–water partition coefficient (Wildman–Crippen LogP) is 10.1. The standard InChI is InChI=1S/C33H43Br2NO3/c1-2-3-4-5-6-7-8-9-10-11-12-13-14-15-23-36-30(25-19-21-27(34)22-20-25)29(32(38)33(36)39)31(37)26-17-16-18-28(35)24-26/h16-22,24,30,37H,2-15,23H2,1H3/b31-29+/t30-/m0/s1. The van der Waals surface area contributed by atoms with Crippen LogP contribution in [0.25, 0.3) is 5.76 Å². The topological polar surface area (TPSA) is 57.6 Å². The highest BCUT2D eigenvalue weighted by Gasteiger charge is 2.45. The summed E-state index contributed by atoms with van der Waals surface area (Å²) in [6.45, 7) is 2.76. The molecule has 0 bridgehead atoms. The smallest absolute Gasteiger partial charge is 0.295 e. The fraction of sp³-hybridized carbons (Fsp3) is 0.515. The van der Waals surface area contributed by atoms with Crippen LogP contribution in [0.3, 0.4) is 0 Å². The van der Waals surface area contributed by atoms with E-state index in [1.54, 1.807) is 23.1 Å². The van der Waals surface area contributed by atoms with E-state index in [1.165, 1.54) is 70.6 Å². The van der Waals surface area contributed by atoms with Crippen molar-refractivity contribution in [1.29, 1.82) is 0 Å². The largest absolute Gasteiger partial charge is 0.507 e. The molecule has 1 fully saturated rings. The Morgan fingerprint density at radius 1 is 0.744 bits per heavy atom. The van der Waals surface area contributed by atoms with Gasteiger partial charge in [0.05, 0.1) is 11.6 Å². The van der Waals surface area contributed by atoms with Crippen LogP contribution in [0, 0.1) is 0 Å². The number of hydrogen-bond acceptors (Lipinski definition) is 3. The maximum atomic E-state index is 13.2. The quantitative estimate of drug-likeness (QED) is 0.0795. The number of aliphatic hydroxyl groups excluding tert-OH is 1. The number of benzene rings is 2. The summed E-state index contributed by atoms with van der Waals surface area (Å²) in [5.41, 5.74) is 1.49. The highest BCUT2D eigenvalue weighted by Crippen LogP contribution is 2.40. The van der Waals surface area contributed by atoms with E-state index in [0.29, 0.717) is 12.1 Å². The number of rotatable bonds is 17. The van der Waals surface area contributed by atoms with Gasteiger partial charge >= 0.3 is 0 Å². The molecular weight excluding hydrogens is 618 g/mol. The number of amides is 1.